The zero-order chi connectivity index (χ0) is 69.9. The van der Waals surface area contributed by atoms with E-state index in [4.69, 9.17) is 4.74 Å². The summed E-state index contributed by atoms with van der Waals surface area (Å²) in [5.41, 5.74) is 0. The van der Waals surface area contributed by atoms with Gasteiger partial charge >= 0.3 is 11.9 Å². The number of carbonyl (C=O) groups is 12. The molecule has 0 aromatic carbocycles. The van der Waals surface area contributed by atoms with Gasteiger partial charge in [0.05, 0.1) is 25.7 Å². The Hall–Kier alpha value is -6.48. The lowest BCUT2D eigenvalue weighted by Crippen LogP contribution is -2.63. The van der Waals surface area contributed by atoms with Crippen LogP contribution < -0.4 is 53.2 Å². The first kappa shape index (κ1) is 83.5. The molecule has 0 spiro atoms. The highest BCUT2D eigenvalue weighted by Crippen LogP contribution is 2.18. The SMILES string of the molecule is CCCCCCCCCCCCC(O)CC(=O)N[C@@H](CC(C)C)C(=O)N[C@@H](CCC(=O)O)C(=O)N[C@@H]1C(=O)N[C@@H]([C@@H](C)CC)C(=O)N[C@@H](CC(C)C)C(=O)N[C@@H](CO)C(=O)N[C@@H](CC(C)C)C(=O)N[C@@H](CC(C)C)C(=O)N[C@@H](CO)C(=O)N[C@@H](C(C)C)C(=O)O[C@@H]1C. The lowest BCUT2D eigenvalue weighted by molar-refractivity contribution is -0.157. The van der Waals surface area contributed by atoms with E-state index in [9.17, 15) is 78.0 Å². The summed E-state index contributed by atoms with van der Waals surface area (Å²) in [5.74, 6) is -14.7. The summed E-state index contributed by atoms with van der Waals surface area (Å²) in [6.07, 6.45) is 7.11. The van der Waals surface area contributed by atoms with Crippen LogP contribution in [0.3, 0.4) is 0 Å². The molecule has 1 aliphatic heterocycles. The highest BCUT2D eigenvalue weighted by atomic mass is 16.5. The van der Waals surface area contributed by atoms with Crippen molar-refractivity contribution in [3.8, 4) is 0 Å². The standard InChI is InChI=1S/C65H116N10O17/c1-15-17-18-19-20-21-22-23-24-25-26-43(78)33-51(79)66-45(29-36(3)4)57(83)67-44(27-28-52(80)81)56(82)75-55-42(14)92-65(91)53(40(11)12)73-62(88)50(35-77)72-59(85)47(31-38(7)8)68-58(84)46(30-37(5)6)69-61(87)49(34-76)71-60(86)48(32-39(9)10)70-63(89)54(41(13)16-2)74-64(55)90/h36-50,53-55,76-78H,15-35H2,1-14H3,(H,66,79)(H,67,83)(H,68,84)(H,69,87)(H,70,89)(H,71,86)(H,72,85)(H,73,88)(H,74,90)(H,75,82)(H,80,81)/t41-,42+,43?,44-,45-,46-,47-,48-,49-,50-,53-,54-,55-/m0/s1. The lowest BCUT2D eigenvalue weighted by Gasteiger charge is -2.32. The maximum Gasteiger partial charge on any atom is 0.329 e. The van der Waals surface area contributed by atoms with Gasteiger partial charge in [-0.1, -0.05) is 161 Å². The molecule has 0 radical (unpaired) electrons. The number of cyclic esters (lactones) is 1. The molecule has 1 fully saturated rings. The van der Waals surface area contributed by atoms with Crippen LogP contribution in [0.2, 0.25) is 0 Å². The summed E-state index contributed by atoms with van der Waals surface area (Å²) in [7, 11) is 0. The molecule has 92 heavy (non-hydrogen) atoms. The number of aliphatic hydroxyl groups excluding tert-OH is 3. The van der Waals surface area contributed by atoms with Crippen LogP contribution in [-0.2, 0) is 62.3 Å². The first-order chi connectivity index (χ1) is 43.2. The van der Waals surface area contributed by atoms with E-state index in [0.29, 0.717) is 12.8 Å². The summed E-state index contributed by atoms with van der Waals surface area (Å²) in [5, 5.41) is 67.1. The monoisotopic (exact) mass is 1310 g/mol. The highest BCUT2D eigenvalue weighted by Gasteiger charge is 2.41. The average Bonchev–Trinajstić information content (AvgIpc) is 0.953. The van der Waals surface area contributed by atoms with Crippen molar-refractivity contribution >= 4 is 71.0 Å². The van der Waals surface area contributed by atoms with E-state index < -0.39 is 182 Å². The first-order valence-electron chi connectivity index (χ1n) is 33.5. The molecule has 1 unspecified atom stereocenters. The van der Waals surface area contributed by atoms with Crippen LogP contribution in [0.5, 0.6) is 0 Å². The van der Waals surface area contributed by atoms with Crippen LogP contribution in [-0.4, -0.2) is 177 Å². The zero-order valence-corrected chi connectivity index (χ0v) is 57.3. The predicted molar refractivity (Wildman–Crippen MR) is 345 cm³/mol. The molecule has 27 nitrogen and oxygen atoms in total. The number of hydrogen-bond donors (Lipinski definition) is 14. The number of amides is 10. The van der Waals surface area contributed by atoms with Gasteiger partial charge in [-0.2, -0.15) is 0 Å². The summed E-state index contributed by atoms with van der Waals surface area (Å²) >= 11 is 0. The quantitative estimate of drug-likeness (QED) is 0.0325. The summed E-state index contributed by atoms with van der Waals surface area (Å²) < 4.78 is 5.85. The molecule has 27 heteroatoms. The number of carboxylic acids is 1. The number of rotatable bonds is 34. The Morgan fingerprint density at radius 2 is 0.924 bits per heavy atom. The van der Waals surface area contributed by atoms with Crippen molar-refractivity contribution in [1.82, 2.24) is 53.2 Å². The fourth-order valence-corrected chi connectivity index (χ4v) is 10.5. The highest BCUT2D eigenvalue weighted by molar-refractivity contribution is 5.99. The molecule has 0 bridgehead atoms. The van der Waals surface area contributed by atoms with Gasteiger partial charge in [0.2, 0.25) is 59.1 Å². The topological polar surface area (TPSA) is 415 Å². The van der Waals surface area contributed by atoms with Crippen molar-refractivity contribution in [1.29, 1.82) is 0 Å². The molecule has 10 amide bonds. The van der Waals surface area contributed by atoms with Crippen LogP contribution in [0.1, 0.15) is 219 Å². The third kappa shape index (κ3) is 32.4. The van der Waals surface area contributed by atoms with Crippen molar-refractivity contribution in [3.63, 3.8) is 0 Å². The first-order valence-corrected chi connectivity index (χ1v) is 33.5. The number of unbranched alkanes of at least 4 members (excludes halogenated alkanes) is 9. The Bertz CT molecular complexity index is 2360. The van der Waals surface area contributed by atoms with Crippen LogP contribution in [0, 0.1) is 35.5 Å². The molecule has 1 saturated heterocycles. The largest absolute Gasteiger partial charge is 0.481 e. The van der Waals surface area contributed by atoms with E-state index in [1.54, 1.807) is 69.2 Å². The second-order valence-corrected chi connectivity index (χ2v) is 26.9. The third-order valence-electron chi connectivity index (χ3n) is 16.0. The van der Waals surface area contributed by atoms with Crippen LogP contribution in [0.15, 0.2) is 0 Å². The van der Waals surface area contributed by atoms with E-state index in [-0.39, 0.29) is 62.2 Å². The summed E-state index contributed by atoms with van der Waals surface area (Å²) in [4.78, 5) is 169. The molecule has 14 N–H and O–H groups in total. The number of hydrogen-bond acceptors (Lipinski definition) is 16. The predicted octanol–water partition coefficient (Wildman–Crippen LogP) is 2.58. The molecular formula is C65H116N10O17. The van der Waals surface area contributed by atoms with Gasteiger partial charge in [-0.05, 0) is 81.0 Å². The van der Waals surface area contributed by atoms with Crippen LogP contribution in [0.4, 0.5) is 0 Å². The Balaban J connectivity index is 3.99. The van der Waals surface area contributed by atoms with Crippen LogP contribution >= 0.6 is 0 Å². The van der Waals surface area contributed by atoms with Gasteiger partial charge in [-0.15, -0.1) is 0 Å². The Morgan fingerprint density at radius 3 is 1.35 bits per heavy atom. The molecule has 1 rings (SSSR count). The number of esters is 1. The molecule has 1 heterocycles. The Labute approximate surface area is 545 Å². The smallest absolute Gasteiger partial charge is 0.329 e. The van der Waals surface area contributed by atoms with Crippen molar-refractivity contribution < 1.29 is 82.7 Å². The second-order valence-electron chi connectivity index (χ2n) is 26.9. The van der Waals surface area contributed by atoms with Gasteiger partial charge in [-0.25, -0.2) is 4.79 Å². The number of aliphatic hydroxyl groups is 3. The third-order valence-corrected chi connectivity index (χ3v) is 16.0. The number of carbonyl (C=O) groups excluding carboxylic acids is 11. The molecule has 0 aliphatic carbocycles. The van der Waals surface area contributed by atoms with Crippen LogP contribution in [0.25, 0.3) is 0 Å². The normalized spacial score (nSPS) is 23.5. The summed E-state index contributed by atoms with van der Waals surface area (Å²) in [6.45, 7) is 21.8. The van der Waals surface area contributed by atoms with Gasteiger partial charge < -0.3 is 78.3 Å². The Morgan fingerprint density at radius 1 is 0.500 bits per heavy atom. The molecular weight excluding hydrogens is 1190 g/mol. The van der Waals surface area contributed by atoms with E-state index >= 15 is 0 Å². The lowest BCUT2D eigenvalue weighted by atomic mass is 9.96. The number of ether oxygens (including phenoxy) is 1. The zero-order valence-electron chi connectivity index (χ0n) is 57.3. The Kier molecular flexibility index (Phi) is 40.1. The van der Waals surface area contributed by atoms with Crippen molar-refractivity contribution in [2.24, 2.45) is 35.5 Å². The van der Waals surface area contributed by atoms with E-state index in [0.717, 1.165) is 25.7 Å². The number of aliphatic carboxylic acids is 1. The van der Waals surface area contributed by atoms with Gasteiger partial charge in [0.15, 0.2) is 0 Å². The minimum Gasteiger partial charge on any atom is -0.481 e. The van der Waals surface area contributed by atoms with E-state index in [1.807, 2.05) is 0 Å². The maximum atomic E-state index is 15.0. The fourth-order valence-electron chi connectivity index (χ4n) is 10.5. The van der Waals surface area contributed by atoms with Gasteiger partial charge in [-0.3, -0.25) is 52.7 Å². The molecule has 0 aromatic rings. The summed E-state index contributed by atoms with van der Waals surface area (Å²) in [6, 6.07) is -15.7. The number of nitrogens with one attached hydrogen (secondary N) is 10. The van der Waals surface area contributed by atoms with Gasteiger partial charge in [0.1, 0.15) is 66.5 Å². The fraction of sp³-hybridized carbons (Fsp3) is 0.815. The molecule has 1 aliphatic rings. The molecule has 0 saturated carbocycles. The minimum absolute atomic E-state index is 0.00510. The average molecular weight is 1310 g/mol. The second kappa shape index (κ2) is 44.2. The van der Waals surface area contributed by atoms with Crippen molar-refractivity contribution in [2.45, 2.75) is 292 Å². The molecule has 528 valence electrons. The minimum atomic E-state index is -1.99. The molecule has 0 aromatic heterocycles. The van der Waals surface area contributed by atoms with Gasteiger partial charge in [0, 0.05) is 6.42 Å². The maximum absolute atomic E-state index is 15.0. The van der Waals surface area contributed by atoms with E-state index in [1.165, 1.54) is 52.9 Å². The van der Waals surface area contributed by atoms with Crippen molar-refractivity contribution in [2.75, 3.05) is 13.2 Å². The van der Waals surface area contributed by atoms with Gasteiger partial charge in [0.25, 0.3) is 0 Å². The number of carboxylic acid groups (broad SMARTS) is 1. The molecule has 13 atom stereocenters. The van der Waals surface area contributed by atoms with E-state index in [2.05, 4.69) is 60.1 Å². The van der Waals surface area contributed by atoms with Crippen molar-refractivity contribution in [3.05, 3.63) is 0 Å².